The third-order valence-corrected chi connectivity index (χ3v) is 4.90. The minimum atomic E-state index is -8.70. The first kappa shape index (κ1) is 34.8. The maximum absolute atomic E-state index is 14.1. The molecule has 1 rings (SSSR count). The Labute approximate surface area is 207 Å². The highest BCUT2D eigenvalue weighted by Crippen LogP contribution is 2.64. The van der Waals surface area contributed by atoms with E-state index in [1.807, 2.05) is 0 Å². The number of hydrogen-bond donors (Lipinski definition) is 1. The maximum Gasteiger partial charge on any atom is 0.460 e. The van der Waals surface area contributed by atoms with Crippen molar-refractivity contribution < 1.29 is 84.5 Å². The van der Waals surface area contributed by atoms with Crippen molar-refractivity contribution in [2.45, 2.75) is 86.5 Å². The number of rotatable bonds is 10. The molecule has 0 aliphatic carbocycles. The van der Waals surface area contributed by atoms with Gasteiger partial charge in [-0.3, -0.25) is 0 Å². The van der Waals surface area contributed by atoms with Gasteiger partial charge in [-0.2, -0.15) is 74.6 Å². The second-order valence-corrected chi connectivity index (χ2v) is 9.16. The van der Waals surface area contributed by atoms with Crippen molar-refractivity contribution in [2.75, 3.05) is 0 Å². The fraction of sp³-hybridized carbons (Fsp3) is 0.700. The summed E-state index contributed by atoms with van der Waals surface area (Å²) < 4.78 is 232. The summed E-state index contributed by atoms with van der Waals surface area (Å²) in [5, 5.41) is 9.80. The third kappa shape index (κ3) is 5.68. The van der Waals surface area contributed by atoms with E-state index >= 15 is 0 Å². The third-order valence-electron chi connectivity index (χ3n) is 4.90. The molecule has 2 nitrogen and oxygen atoms in total. The van der Waals surface area contributed by atoms with E-state index in [1.165, 1.54) is 20.8 Å². The van der Waals surface area contributed by atoms with Crippen LogP contribution in [0.3, 0.4) is 0 Å². The Balaban J connectivity index is 3.50. The summed E-state index contributed by atoms with van der Waals surface area (Å²) in [7, 11) is 0. The number of halogens is 17. The standard InChI is InChI=1S/C20H17F17O2/c1-12(2,3)39-10-6-4-5-9(7-10)11(38)8-13(21,22)14(23,24)15(25,26)16(27,28)17(29,30)18(31,32)19(33,34)20(35,36)37/h4-7,11,38H,8H2,1-3H3. The number of ether oxygens (including phenoxy) is 1. The zero-order chi connectivity index (χ0) is 31.5. The fourth-order valence-electron chi connectivity index (χ4n) is 2.82. The molecule has 1 N–H and O–H groups in total. The largest absolute Gasteiger partial charge is 0.488 e. The Bertz CT molecular complexity index is 1010. The minimum absolute atomic E-state index is 0.238. The smallest absolute Gasteiger partial charge is 0.460 e. The van der Waals surface area contributed by atoms with Gasteiger partial charge in [-0.1, -0.05) is 12.1 Å². The van der Waals surface area contributed by atoms with Crippen LogP contribution in [0.4, 0.5) is 74.6 Å². The summed E-state index contributed by atoms with van der Waals surface area (Å²) in [6, 6.07) is 3.46. The summed E-state index contributed by atoms with van der Waals surface area (Å²) >= 11 is 0. The summed E-state index contributed by atoms with van der Waals surface area (Å²) in [6.45, 7) is 4.37. The van der Waals surface area contributed by atoms with Crippen molar-refractivity contribution in [1.29, 1.82) is 0 Å². The summed E-state index contributed by atoms with van der Waals surface area (Å²) in [4.78, 5) is 0. The molecule has 0 aromatic heterocycles. The van der Waals surface area contributed by atoms with Crippen LogP contribution in [0.15, 0.2) is 24.3 Å². The average Bonchev–Trinajstić information content (AvgIpc) is 2.70. The van der Waals surface area contributed by atoms with E-state index in [4.69, 9.17) is 4.74 Å². The van der Waals surface area contributed by atoms with Crippen molar-refractivity contribution in [2.24, 2.45) is 0 Å². The highest BCUT2D eigenvalue weighted by Gasteiger charge is 2.95. The van der Waals surface area contributed by atoms with E-state index < -0.39 is 71.3 Å². The number of alkyl halides is 17. The lowest BCUT2D eigenvalue weighted by Crippen LogP contribution is -2.74. The van der Waals surface area contributed by atoms with Crippen LogP contribution < -0.4 is 4.74 Å². The molecule has 0 heterocycles. The van der Waals surface area contributed by atoms with Crippen molar-refractivity contribution in [3.05, 3.63) is 29.8 Å². The van der Waals surface area contributed by atoms with Gasteiger partial charge in [0, 0.05) is 6.42 Å². The van der Waals surface area contributed by atoms with Crippen molar-refractivity contribution in [3.63, 3.8) is 0 Å². The molecule has 1 unspecified atom stereocenters. The van der Waals surface area contributed by atoms with Crippen LogP contribution >= 0.6 is 0 Å². The van der Waals surface area contributed by atoms with Crippen LogP contribution in [0, 0.1) is 0 Å². The monoisotopic (exact) mass is 612 g/mol. The van der Waals surface area contributed by atoms with E-state index in [2.05, 4.69) is 0 Å². The van der Waals surface area contributed by atoms with Gasteiger partial charge in [0.15, 0.2) is 0 Å². The molecule has 1 aromatic rings. The number of benzene rings is 1. The summed E-state index contributed by atoms with van der Waals surface area (Å²) in [6.07, 6.45) is -13.8. The number of hydrogen-bond acceptors (Lipinski definition) is 2. The molecule has 0 saturated heterocycles. The topological polar surface area (TPSA) is 29.5 Å². The molecule has 0 fully saturated rings. The number of aliphatic hydroxyl groups is 1. The molecule has 0 aliphatic rings. The molecule has 39 heavy (non-hydrogen) atoms. The lowest BCUT2D eigenvalue weighted by Gasteiger charge is -2.43. The van der Waals surface area contributed by atoms with Crippen molar-refractivity contribution >= 4 is 0 Å². The molecular weight excluding hydrogens is 595 g/mol. The summed E-state index contributed by atoms with van der Waals surface area (Å²) in [5.74, 6) is -57.3. The van der Waals surface area contributed by atoms with Crippen LogP contribution in [0.1, 0.15) is 38.9 Å². The zero-order valence-electron chi connectivity index (χ0n) is 19.4. The molecule has 0 spiro atoms. The van der Waals surface area contributed by atoms with Crippen LogP contribution in [-0.4, -0.2) is 58.3 Å². The van der Waals surface area contributed by atoms with Crippen molar-refractivity contribution in [3.8, 4) is 5.75 Å². The zero-order valence-corrected chi connectivity index (χ0v) is 19.4. The molecular formula is C20H17F17O2. The Kier molecular flexibility index (Phi) is 8.67. The lowest BCUT2D eigenvalue weighted by atomic mass is 9.87. The van der Waals surface area contributed by atoms with Gasteiger partial charge in [0.05, 0.1) is 6.10 Å². The van der Waals surface area contributed by atoms with Gasteiger partial charge < -0.3 is 9.84 Å². The van der Waals surface area contributed by atoms with Gasteiger partial charge >= 0.3 is 47.6 Å². The van der Waals surface area contributed by atoms with E-state index in [9.17, 15) is 79.7 Å². The molecule has 19 heteroatoms. The van der Waals surface area contributed by atoms with E-state index in [0.717, 1.165) is 12.1 Å². The van der Waals surface area contributed by atoms with Gasteiger partial charge in [0.2, 0.25) is 0 Å². The molecule has 0 amide bonds. The normalized spacial score (nSPS) is 16.3. The first-order chi connectivity index (χ1) is 16.8. The first-order valence-electron chi connectivity index (χ1n) is 10.0. The van der Waals surface area contributed by atoms with Gasteiger partial charge in [0.1, 0.15) is 11.4 Å². The molecule has 0 saturated carbocycles. The Morgan fingerprint density at radius 2 is 1.00 bits per heavy atom. The predicted octanol–water partition coefficient (Wildman–Crippen LogP) is 8.30. The number of aliphatic hydroxyl groups excluding tert-OH is 1. The summed E-state index contributed by atoms with van der Waals surface area (Å²) in [5.41, 5.74) is -1.80. The van der Waals surface area contributed by atoms with E-state index in [1.54, 1.807) is 0 Å². The average molecular weight is 612 g/mol. The first-order valence-corrected chi connectivity index (χ1v) is 10.0. The van der Waals surface area contributed by atoms with Gasteiger partial charge in [-0.25, -0.2) is 0 Å². The fourth-order valence-corrected chi connectivity index (χ4v) is 2.82. The predicted molar refractivity (Wildman–Crippen MR) is 97.1 cm³/mol. The molecule has 0 aliphatic heterocycles. The molecule has 1 atom stereocenters. The van der Waals surface area contributed by atoms with Crippen molar-refractivity contribution in [1.82, 2.24) is 0 Å². The Hall–Kier alpha value is -2.21. The lowest BCUT2D eigenvalue weighted by molar-refractivity contribution is -0.462. The van der Waals surface area contributed by atoms with Gasteiger partial charge in [0.25, 0.3) is 0 Å². The van der Waals surface area contributed by atoms with Gasteiger partial charge in [-0.05, 0) is 38.5 Å². The van der Waals surface area contributed by atoms with Crippen LogP contribution in [0.5, 0.6) is 5.75 Å². The van der Waals surface area contributed by atoms with Crippen LogP contribution in [0.25, 0.3) is 0 Å². The highest BCUT2D eigenvalue weighted by atomic mass is 19.4. The van der Waals surface area contributed by atoms with Gasteiger partial charge in [-0.15, -0.1) is 0 Å². The molecule has 1 aromatic carbocycles. The second kappa shape index (κ2) is 9.71. The molecule has 228 valence electrons. The Morgan fingerprint density at radius 1 is 0.615 bits per heavy atom. The minimum Gasteiger partial charge on any atom is -0.488 e. The van der Waals surface area contributed by atoms with E-state index in [-0.39, 0.29) is 5.75 Å². The maximum atomic E-state index is 14.1. The highest BCUT2D eigenvalue weighted by molar-refractivity contribution is 5.30. The Morgan fingerprint density at radius 3 is 1.38 bits per heavy atom. The SMILES string of the molecule is CC(C)(C)Oc1cccc(C(O)CC(F)(F)C(F)(F)C(F)(F)C(F)(F)C(F)(F)C(F)(F)C(F)(F)C(F)(F)F)c1. The van der Waals surface area contributed by atoms with E-state index in [0.29, 0.717) is 12.1 Å². The second-order valence-electron chi connectivity index (χ2n) is 9.16. The van der Waals surface area contributed by atoms with Crippen LogP contribution in [-0.2, 0) is 0 Å². The quantitative estimate of drug-likeness (QED) is 0.270. The molecule has 0 radical (unpaired) electrons. The molecule has 0 bridgehead atoms. The van der Waals surface area contributed by atoms with Crippen LogP contribution in [0.2, 0.25) is 0 Å².